The lowest BCUT2D eigenvalue weighted by molar-refractivity contribution is 0.0501. The number of phenolic OH excluding ortho intramolecular Hbond substituents is 1. The Labute approximate surface area is 183 Å². The van der Waals surface area contributed by atoms with E-state index in [4.69, 9.17) is 9.47 Å². The number of carbonyl (C=O) groups is 1. The van der Waals surface area contributed by atoms with Gasteiger partial charge < -0.3 is 19.9 Å². The second kappa shape index (κ2) is 10.5. The minimum absolute atomic E-state index is 0.0512. The van der Waals surface area contributed by atoms with Crippen LogP contribution in [0.1, 0.15) is 38.2 Å². The fourth-order valence-corrected chi connectivity index (χ4v) is 3.42. The van der Waals surface area contributed by atoms with Gasteiger partial charge in [0.25, 0.3) is 5.91 Å². The number of phenols is 1. The van der Waals surface area contributed by atoms with Gasteiger partial charge in [-0.2, -0.15) is 0 Å². The van der Waals surface area contributed by atoms with Crippen molar-refractivity contribution < 1.29 is 19.4 Å². The minimum Gasteiger partial charge on any atom is -0.508 e. The molecule has 5 heteroatoms. The Morgan fingerprint density at radius 3 is 2.42 bits per heavy atom. The van der Waals surface area contributed by atoms with E-state index in [-0.39, 0.29) is 18.4 Å². The van der Waals surface area contributed by atoms with Gasteiger partial charge in [0.15, 0.2) is 6.79 Å². The van der Waals surface area contributed by atoms with E-state index in [2.05, 4.69) is 5.32 Å². The van der Waals surface area contributed by atoms with Gasteiger partial charge in [-0.15, -0.1) is 0 Å². The smallest absolute Gasteiger partial charge is 0.258 e. The average molecular weight is 418 g/mol. The summed E-state index contributed by atoms with van der Waals surface area (Å²) >= 11 is 0. The number of aromatic hydroxyl groups is 1. The summed E-state index contributed by atoms with van der Waals surface area (Å²) in [6.07, 6.45) is 4.10. The quantitative estimate of drug-likeness (QED) is 0.507. The van der Waals surface area contributed by atoms with E-state index in [1.165, 1.54) is 7.11 Å². The third-order valence-corrected chi connectivity index (χ3v) is 4.97. The second-order valence-electron chi connectivity index (χ2n) is 7.33. The van der Waals surface area contributed by atoms with E-state index in [1.807, 2.05) is 62.4 Å². The summed E-state index contributed by atoms with van der Waals surface area (Å²) in [6.45, 7) is 4.00. The molecule has 31 heavy (non-hydrogen) atoms. The Bertz CT molecular complexity index is 1050. The number of methoxy groups -OCH3 is 1. The average Bonchev–Trinajstić information content (AvgIpc) is 2.75. The van der Waals surface area contributed by atoms with E-state index in [9.17, 15) is 9.90 Å². The first kappa shape index (κ1) is 22.1. The Hall–Kier alpha value is -3.57. The van der Waals surface area contributed by atoms with Crippen molar-refractivity contribution in [3.05, 3.63) is 100 Å². The van der Waals surface area contributed by atoms with Gasteiger partial charge in [0.1, 0.15) is 11.5 Å². The number of hydrogen-bond acceptors (Lipinski definition) is 4. The maximum atomic E-state index is 12.9. The molecule has 0 atom stereocenters. The number of benzene rings is 3. The van der Waals surface area contributed by atoms with Crippen molar-refractivity contribution >= 4 is 12.0 Å². The second-order valence-corrected chi connectivity index (χ2v) is 7.33. The van der Waals surface area contributed by atoms with Crippen molar-refractivity contribution in [3.63, 3.8) is 0 Å². The van der Waals surface area contributed by atoms with Crippen LogP contribution in [0, 0.1) is 13.8 Å². The topological polar surface area (TPSA) is 67.8 Å². The van der Waals surface area contributed by atoms with Crippen LogP contribution in [0.5, 0.6) is 11.5 Å². The maximum absolute atomic E-state index is 12.9. The summed E-state index contributed by atoms with van der Waals surface area (Å²) in [7, 11) is 1.53. The van der Waals surface area contributed by atoms with Crippen LogP contribution in [0.2, 0.25) is 0 Å². The molecule has 3 aromatic carbocycles. The maximum Gasteiger partial charge on any atom is 0.258 e. The molecule has 0 aliphatic rings. The molecule has 0 radical (unpaired) electrons. The summed E-state index contributed by atoms with van der Waals surface area (Å²) in [4.78, 5) is 12.9. The molecule has 0 unspecified atom stereocenters. The van der Waals surface area contributed by atoms with Crippen LogP contribution in [0.3, 0.4) is 0 Å². The normalized spacial score (nSPS) is 10.9. The zero-order valence-electron chi connectivity index (χ0n) is 18.0. The van der Waals surface area contributed by atoms with Crippen LogP contribution in [-0.4, -0.2) is 24.9 Å². The monoisotopic (exact) mass is 417 g/mol. The van der Waals surface area contributed by atoms with Crippen molar-refractivity contribution in [1.82, 2.24) is 5.32 Å². The molecule has 0 heterocycles. The summed E-state index contributed by atoms with van der Waals surface area (Å²) in [5.41, 5.74) is 5.53. The number of rotatable bonds is 8. The van der Waals surface area contributed by atoms with Gasteiger partial charge >= 0.3 is 0 Å². The third-order valence-electron chi connectivity index (χ3n) is 4.97. The highest BCUT2D eigenvalue weighted by Gasteiger charge is 2.14. The SMILES string of the molecule is COCOc1ccc(Cc2c(C)cc(O)cc2C)cc1C(=O)NC=Cc1ccccc1. The summed E-state index contributed by atoms with van der Waals surface area (Å²) in [5.74, 6) is 0.446. The zero-order chi connectivity index (χ0) is 22.2. The van der Waals surface area contributed by atoms with Crippen molar-refractivity contribution in [3.8, 4) is 11.5 Å². The zero-order valence-corrected chi connectivity index (χ0v) is 18.0. The highest BCUT2D eigenvalue weighted by Crippen LogP contribution is 2.26. The number of nitrogens with one attached hydrogen (secondary N) is 1. The fourth-order valence-electron chi connectivity index (χ4n) is 3.42. The molecule has 0 saturated carbocycles. The number of carbonyl (C=O) groups excluding carboxylic acids is 1. The fraction of sp³-hybridized carbons (Fsp3) is 0.192. The molecule has 2 N–H and O–H groups in total. The molecule has 5 nitrogen and oxygen atoms in total. The summed E-state index contributed by atoms with van der Waals surface area (Å²) in [6, 6.07) is 18.8. The molecule has 0 spiro atoms. The van der Waals surface area contributed by atoms with Gasteiger partial charge in [0, 0.05) is 13.3 Å². The largest absolute Gasteiger partial charge is 0.508 e. The van der Waals surface area contributed by atoms with Gasteiger partial charge in [-0.3, -0.25) is 4.79 Å². The molecule has 0 aliphatic carbocycles. The Morgan fingerprint density at radius 2 is 1.74 bits per heavy atom. The molecule has 0 saturated heterocycles. The number of ether oxygens (including phenoxy) is 2. The van der Waals surface area contributed by atoms with Crippen LogP contribution >= 0.6 is 0 Å². The Balaban J connectivity index is 1.84. The highest BCUT2D eigenvalue weighted by molar-refractivity contribution is 5.98. The lowest BCUT2D eigenvalue weighted by Gasteiger charge is -2.14. The lowest BCUT2D eigenvalue weighted by atomic mass is 9.94. The van der Waals surface area contributed by atoms with E-state index in [1.54, 1.807) is 24.4 Å². The van der Waals surface area contributed by atoms with Crippen molar-refractivity contribution in [2.24, 2.45) is 0 Å². The first-order chi connectivity index (χ1) is 15.0. The lowest BCUT2D eigenvalue weighted by Crippen LogP contribution is -2.19. The standard InChI is InChI=1S/C26H27NO4/c1-18-13-22(28)14-19(2)23(18)15-21-9-10-25(31-17-30-3)24(16-21)26(29)27-12-11-20-7-5-4-6-8-20/h4-14,16,28H,15,17H2,1-3H3,(H,27,29). The minimum atomic E-state index is -0.265. The Morgan fingerprint density at radius 1 is 1.03 bits per heavy atom. The molecule has 3 aromatic rings. The van der Waals surface area contributed by atoms with Gasteiger partial charge in [-0.05, 0) is 78.4 Å². The molecule has 3 rings (SSSR count). The van der Waals surface area contributed by atoms with Crippen LogP contribution in [-0.2, 0) is 11.2 Å². The first-order valence-electron chi connectivity index (χ1n) is 10.0. The van der Waals surface area contributed by atoms with Crippen molar-refractivity contribution in [2.45, 2.75) is 20.3 Å². The molecule has 0 fully saturated rings. The molecule has 160 valence electrons. The molecule has 0 bridgehead atoms. The number of hydrogen-bond donors (Lipinski definition) is 2. The van der Waals surface area contributed by atoms with Crippen LogP contribution in [0.4, 0.5) is 0 Å². The van der Waals surface area contributed by atoms with E-state index in [0.717, 1.165) is 27.8 Å². The van der Waals surface area contributed by atoms with Crippen molar-refractivity contribution in [1.29, 1.82) is 0 Å². The van der Waals surface area contributed by atoms with Crippen molar-refractivity contribution in [2.75, 3.05) is 13.9 Å². The molecular formula is C26H27NO4. The van der Waals surface area contributed by atoms with Gasteiger partial charge in [-0.1, -0.05) is 36.4 Å². The number of aryl methyl sites for hydroxylation is 2. The summed E-state index contributed by atoms with van der Waals surface area (Å²) < 4.78 is 10.6. The molecule has 1 amide bonds. The van der Waals surface area contributed by atoms with Crippen LogP contribution < -0.4 is 10.1 Å². The molecule has 0 aromatic heterocycles. The predicted molar refractivity (Wildman–Crippen MR) is 122 cm³/mol. The van der Waals surface area contributed by atoms with Crippen LogP contribution in [0.25, 0.3) is 6.08 Å². The first-order valence-corrected chi connectivity index (χ1v) is 10.0. The highest BCUT2D eigenvalue weighted by atomic mass is 16.7. The van der Waals surface area contributed by atoms with Gasteiger partial charge in [0.05, 0.1) is 5.56 Å². The number of amides is 1. The molecule has 0 aliphatic heterocycles. The Kier molecular flexibility index (Phi) is 7.46. The van der Waals surface area contributed by atoms with Crippen LogP contribution in [0.15, 0.2) is 66.9 Å². The summed E-state index contributed by atoms with van der Waals surface area (Å²) in [5, 5.41) is 12.6. The van der Waals surface area contributed by atoms with Gasteiger partial charge in [0.2, 0.25) is 0 Å². The third kappa shape index (κ3) is 5.96. The molecular weight excluding hydrogens is 390 g/mol. The van der Waals surface area contributed by atoms with E-state index in [0.29, 0.717) is 17.7 Å². The predicted octanol–water partition coefficient (Wildman–Crippen LogP) is 4.98. The van der Waals surface area contributed by atoms with E-state index < -0.39 is 0 Å². The van der Waals surface area contributed by atoms with E-state index >= 15 is 0 Å². The van der Waals surface area contributed by atoms with Gasteiger partial charge in [-0.25, -0.2) is 0 Å².